The first-order chi connectivity index (χ1) is 15.8. The molecule has 1 atom stereocenters. The number of nitriles is 1. The standard InChI is InChI=1S/C27H27N3O3/c1-18-13-23(20(3)30(18)19(2)17-33-4)14-24(16-28)27(32)29-25-12-8-11-22(15-25)26(31)21-9-6-5-7-10-21/h5-15,19H,17H2,1-4H3,(H,29,32). The molecule has 0 spiro atoms. The predicted molar refractivity (Wildman–Crippen MR) is 129 cm³/mol. The number of hydrogen-bond acceptors (Lipinski definition) is 4. The number of benzene rings is 2. The molecule has 3 aromatic rings. The van der Waals surface area contributed by atoms with Gasteiger partial charge in [-0.2, -0.15) is 5.26 Å². The molecule has 1 N–H and O–H groups in total. The van der Waals surface area contributed by atoms with E-state index in [1.54, 1.807) is 61.7 Å². The van der Waals surface area contributed by atoms with Gasteiger partial charge >= 0.3 is 0 Å². The molecule has 0 radical (unpaired) electrons. The Labute approximate surface area is 194 Å². The lowest BCUT2D eigenvalue weighted by atomic mass is 10.0. The summed E-state index contributed by atoms with van der Waals surface area (Å²) in [6, 6.07) is 19.7. The summed E-state index contributed by atoms with van der Waals surface area (Å²) >= 11 is 0. The molecular weight excluding hydrogens is 414 g/mol. The third-order valence-electron chi connectivity index (χ3n) is 5.46. The number of carbonyl (C=O) groups excluding carboxylic acids is 2. The fourth-order valence-electron chi connectivity index (χ4n) is 3.94. The van der Waals surface area contributed by atoms with E-state index < -0.39 is 5.91 Å². The van der Waals surface area contributed by atoms with Crippen molar-refractivity contribution in [2.75, 3.05) is 19.0 Å². The van der Waals surface area contributed by atoms with Gasteiger partial charge in [0.05, 0.1) is 12.6 Å². The third-order valence-corrected chi connectivity index (χ3v) is 5.46. The molecule has 3 rings (SSSR count). The van der Waals surface area contributed by atoms with E-state index in [2.05, 4.69) is 16.8 Å². The molecule has 0 fully saturated rings. The molecule has 1 unspecified atom stereocenters. The van der Waals surface area contributed by atoms with Crippen molar-refractivity contribution in [1.82, 2.24) is 4.57 Å². The highest BCUT2D eigenvalue weighted by molar-refractivity contribution is 6.12. The summed E-state index contributed by atoms with van der Waals surface area (Å²) in [6.45, 7) is 6.55. The summed E-state index contributed by atoms with van der Waals surface area (Å²) < 4.78 is 7.39. The Morgan fingerprint density at radius 3 is 2.45 bits per heavy atom. The molecule has 0 saturated carbocycles. The maximum atomic E-state index is 12.8. The Kier molecular flexibility index (Phi) is 7.60. The molecule has 0 aliphatic carbocycles. The lowest BCUT2D eigenvalue weighted by Gasteiger charge is -2.17. The largest absolute Gasteiger partial charge is 0.383 e. The van der Waals surface area contributed by atoms with Crippen molar-refractivity contribution >= 4 is 23.5 Å². The molecule has 0 saturated heterocycles. The highest BCUT2D eigenvalue weighted by atomic mass is 16.5. The fourth-order valence-corrected chi connectivity index (χ4v) is 3.94. The number of nitrogens with one attached hydrogen (secondary N) is 1. The van der Waals surface area contributed by atoms with E-state index in [0.717, 1.165) is 17.0 Å². The van der Waals surface area contributed by atoms with E-state index in [9.17, 15) is 14.9 Å². The van der Waals surface area contributed by atoms with Gasteiger partial charge in [-0.1, -0.05) is 42.5 Å². The van der Waals surface area contributed by atoms with Gasteiger partial charge in [0, 0.05) is 35.3 Å². The van der Waals surface area contributed by atoms with E-state index >= 15 is 0 Å². The zero-order valence-electron chi connectivity index (χ0n) is 19.3. The SMILES string of the molecule is COCC(C)n1c(C)cc(C=C(C#N)C(=O)Nc2cccc(C(=O)c3ccccc3)c2)c1C. The fraction of sp³-hybridized carbons (Fsp3) is 0.222. The molecule has 1 heterocycles. The van der Waals surface area contributed by atoms with E-state index in [1.165, 1.54) is 0 Å². The summed E-state index contributed by atoms with van der Waals surface area (Å²) in [4.78, 5) is 25.5. The van der Waals surface area contributed by atoms with Gasteiger partial charge in [-0.15, -0.1) is 0 Å². The first-order valence-corrected chi connectivity index (χ1v) is 10.7. The van der Waals surface area contributed by atoms with Crippen molar-refractivity contribution in [1.29, 1.82) is 5.26 Å². The summed E-state index contributed by atoms with van der Waals surface area (Å²) in [5.41, 5.74) is 4.22. The van der Waals surface area contributed by atoms with Crippen molar-refractivity contribution in [2.45, 2.75) is 26.8 Å². The minimum Gasteiger partial charge on any atom is -0.383 e. The van der Waals surface area contributed by atoms with Crippen molar-refractivity contribution in [3.63, 3.8) is 0 Å². The number of methoxy groups -OCH3 is 1. The second-order valence-electron chi connectivity index (χ2n) is 7.90. The number of ether oxygens (including phenoxy) is 1. The third kappa shape index (κ3) is 5.46. The Hall–Kier alpha value is -3.95. The van der Waals surface area contributed by atoms with Gasteiger partial charge in [-0.3, -0.25) is 9.59 Å². The van der Waals surface area contributed by atoms with Crippen LogP contribution in [-0.4, -0.2) is 30.0 Å². The maximum absolute atomic E-state index is 12.8. The number of rotatable bonds is 8. The van der Waals surface area contributed by atoms with Crippen LogP contribution in [0.25, 0.3) is 6.08 Å². The lowest BCUT2D eigenvalue weighted by Crippen LogP contribution is -2.14. The van der Waals surface area contributed by atoms with Gasteiger partial charge in [-0.05, 0) is 50.6 Å². The van der Waals surface area contributed by atoms with E-state index in [1.807, 2.05) is 32.0 Å². The Bertz CT molecular complexity index is 1230. The van der Waals surface area contributed by atoms with Crippen LogP contribution in [0.1, 0.15) is 45.8 Å². The summed E-state index contributed by atoms with van der Waals surface area (Å²) in [6.07, 6.45) is 1.59. The molecule has 1 aromatic heterocycles. The van der Waals surface area contributed by atoms with Gasteiger partial charge in [0.15, 0.2) is 5.78 Å². The highest BCUT2D eigenvalue weighted by Gasteiger charge is 2.16. The molecule has 2 aromatic carbocycles. The first-order valence-electron chi connectivity index (χ1n) is 10.7. The van der Waals surface area contributed by atoms with Gasteiger partial charge < -0.3 is 14.6 Å². The molecule has 0 aliphatic rings. The first kappa shape index (κ1) is 23.7. The normalized spacial score (nSPS) is 12.2. The molecule has 33 heavy (non-hydrogen) atoms. The quantitative estimate of drug-likeness (QED) is 0.300. The Morgan fingerprint density at radius 2 is 1.79 bits per heavy atom. The van der Waals surface area contributed by atoms with Gasteiger partial charge in [0.2, 0.25) is 0 Å². The number of ketones is 1. The van der Waals surface area contributed by atoms with E-state index in [4.69, 9.17) is 4.74 Å². The Balaban J connectivity index is 1.83. The number of carbonyl (C=O) groups is 2. The topological polar surface area (TPSA) is 84.1 Å². The van der Waals surface area contributed by atoms with Crippen molar-refractivity contribution in [3.8, 4) is 6.07 Å². The number of hydrogen-bond donors (Lipinski definition) is 1. The zero-order valence-corrected chi connectivity index (χ0v) is 19.3. The van der Waals surface area contributed by atoms with Crippen LogP contribution < -0.4 is 5.32 Å². The van der Waals surface area contributed by atoms with Crippen LogP contribution in [0.5, 0.6) is 0 Å². The molecule has 1 amide bonds. The van der Waals surface area contributed by atoms with Crippen molar-refractivity contribution < 1.29 is 14.3 Å². The number of anilines is 1. The molecule has 6 nitrogen and oxygen atoms in total. The monoisotopic (exact) mass is 441 g/mol. The molecule has 168 valence electrons. The smallest absolute Gasteiger partial charge is 0.266 e. The van der Waals surface area contributed by atoms with Crippen LogP contribution in [0.2, 0.25) is 0 Å². The van der Waals surface area contributed by atoms with Gasteiger partial charge in [0.25, 0.3) is 5.91 Å². The van der Waals surface area contributed by atoms with Gasteiger partial charge in [0.1, 0.15) is 11.6 Å². The van der Waals surface area contributed by atoms with Crippen LogP contribution >= 0.6 is 0 Å². The highest BCUT2D eigenvalue weighted by Crippen LogP contribution is 2.23. The van der Waals surface area contributed by atoms with Crippen molar-refractivity contribution in [2.24, 2.45) is 0 Å². The van der Waals surface area contributed by atoms with Crippen LogP contribution in [0.15, 0.2) is 66.2 Å². The minimum absolute atomic E-state index is 0.0190. The Morgan fingerprint density at radius 1 is 1.09 bits per heavy atom. The van der Waals surface area contributed by atoms with E-state index in [-0.39, 0.29) is 17.4 Å². The van der Waals surface area contributed by atoms with Crippen LogP contribution in [0, 0.1) is 25.2 Å². The molecular formula is C27H27N3O3. The molecule has 0 aliphatic heterocycles. The molecule has 0 bridgehead atoms. The lowest BCUT2D eigenvalue weighted by molar-refractivity contribution is -0.112. The number of aromatic nitrogens is 1. The van der Waals surface area contributed by atoms with Crippen molar-refractivity contribution in [3.05, 3.63) is 94.3 Å². The van der Waals surface area contributed by atoms with Crippen LogP contribution in [0.4, 0.5) is 5.69 Å². The van der Waals surface area contributed by atoms with Gasteiger partial charge in [-0.25, -0.2) is 0 Å². The predicted octanol–water partition coefficient (Wildman–Crippen LogP) is 5.09. The summed E-state index contributed by atoms with van der Waals surface area (Å²) in [7, 11) is 1.66. The maximum Gasteiger partial charge on any atom is 0.266 e. The average molecular weight is 442 g/mol. The number of amides is 1. The number of aryl methyl sites for hydroxylation is 1. The molecule has 6 heteroatoms. The summed E-state index contributed by atoms with van der Waals surface area (Å²) in [5.74, 6) is -0.670. The average Bonchev–Trinajstić information content (AvgIpc) is 3.10. The second kappa shape index (κ2) is 10.6. The number of nitrogens with zero attached hydrogens (tertiary/aromatic N) is 2. The van der Waals surface area contributed by atoms with Crippen LogP contribution in [-0.2, 0) is 9.53 Å². The summed E-state index contributed by atoms with van der Waals surface area (Å²) in [5, 5.41) is 12.4. The second-order valence-corrected chi connectivity index (χ2v) is 7.90. The zero-order chi connectivity index (χ0) is 24.0. The van der Waals surface area contributed by atoms with E-state index in [0.29, 0.717) is 23.4 Å². The van der Waals surface area contributed by atoms with Crippen LogP contribution in [0.3, 0.4) is 0 Å². The minimum atomic E-state index is -0.531.